The average Bonchev–Trinajstić information content (AvgIpc) is 3.41. The third kappa shape index (κ3) is 4.79. The topological polar surface area (TPSA) is 77.8 Å². The molecule has 0 aliphatic carbocycles. The monoisotopic (exact) mass is 396 g/mol. The van der Waals surface area contributed by atoms with Crippen molar-refractivity contribution in [2.45, 2.75) is 38.1 Å². The molecule has 2 N–H and O–H groups in total. The predicted octanol–water partition coefficient (Wildman–Crippen LogP) is 3.76. The fraction of sp³-hybridized carbons (Fsp3) is 0.455. The molecule has 2 aliphatic rings. The molecule has 154 valence electrons. The predicted molar refractivity (Wildman–Crippen MR) is 112 cm³/mol. The van der Waals surface area contributed by atoms with Crippen LogP contribution in [0.1, 0.15) is 43.9 Å². The van der Waals surface area contributed by atoms with Gasteiger partial charge in [0.1, 0.15) is 5.76 Å². The number of nitrogens with zero attached hydrogens (tertiary/aromatic N) is 2. The fourth-order valence-corrected chi connectivity index (χ4v) is 4.16. The first-order chi connectivity index (χ1) is 14.2. The molecule has 2 aliphatic heterocycles. The van der Waals surface area contributed by atoms with Crippen molar-refractivity contribution in [3.8, 4) is 0 Å². The Morgan fingerprint density at radius 3 is 2.66 bits per heavy atom. The van der Waals surface area contributed by atoms with Crippen molar-refractivity contribution in [2.24, 2.45) is 0 Å². The number of hydrogen-bond acceptors (Lipinski definition) is 4. The Bertz CT molecular complexity index is 830. The highest BCUT2D eigenvalue weighted by atomic mass is 16.3. The van der Waals surface area contributed by atoms with Gasteiger partial charge in [-0.25, -0.2) is 4.79 Å². The lowest BCUT2D eigenvalue weighted by atomic mass is 10.1. The highest BCUT2D eigenvalue weighted by Crippen LogP contribution is 2.26. The lowest BCUT2D eigenvalue weighted by molar-refractivity contribution is -0.117. The van der Waals surface area contributed by atoms with Gasteiger partial charge in [0.25, 0.3) is 0 Å². The molecule has 0 spiro atoms. The normalized spacial score (nSPS) is 18.6. The van der Waals surface area contributed by atoms with Crippen molar-refractivity contribution in [2.75, 3.05) is 36.4 Å². The lowest BCUT2D eigenvalue weighted by Gasteiger charge is -2.33. The van der Waals surface area contributed by atoms with Gasteiger partial charge in [0.05, 0.1) is 12.3 Å². The van der Waals surface area contributed by atoms with E-state index in [2.05, 4.69) is 15.5 Å². The molecule has 1 unspecified atom stereocenters. The quantitative estimate of drug-likeness (QED) is 0.779. The Hall–Kier alpha value is -2.80. The molecule has 3 amide bonds. The third-order valence-corrected chi connectivity index (χ3v) is 5.65. The van der Waals surface area contributed by atoms with E-state index in [1.165, 1.54) is 19.3 Å². The smallest absolute Gasteiger partial charge is 0.319 e. The molecule has 2 aromatic rings. The van der Waals surface area contributed by atoms with Gasteiger partial charge in [-0.1, -0.05) is 12.5 Å². The van der Waals surface area contributed by atoms with E-state index in [-0.39, 0.29) is 18.0 Å². The zero-order valence-corrected chi connectivity index (χ0v) is 16.6. The number of benzene rings is 1. The number of hydrogen-bond donors (Lipinski definition) is 2. The summed E-state index contributed by atoms with van der Waals surface area (Å²) in [6.45, 7) is 3.24. The van der Waals surface area contributed by atoms with Crippen molar-refractivity contribution in [3.63, 3.8) is 0 Å². The lowest BCUT2D eigenvalue weighted by Crippen LogP contribution is -2.41. The van der Waals surface area contributed by atoms with Gasteiger partial charge in [0.15, 0.2) is 0 Å². The van der Waals surface area contributed by atoms with Gasteiger partial charge < -0.3 is 20.0 Å². The number of furan rings is 1. The van der Waals surface area contributed by atoms with Crippen LogP contribution in [0.2, 0.25) is 0 Å². The highest BCUT2D eigenvalue weighted by Gasteiger charge is 2.25. The molecule has 29 heavy (non-hydrogen) atoms. The minimum absolute atomic E-state index is 0.0320. The largest absolute Gasteiger partial charge is 0.468 e. The van der Waals surface area contributed by atoms with E-state index in [4.69, 9.17) is 4.42 Å². The van der Waals surface area contributed by atoms with E-state index in [0.29, 0.717) is 18.7 Å². The maximum Gasteiger partial charge on any atom is 0.319 e. The van der Waals surface area contributed by atoms with E-state index in [9.17, 15) is 9.59 Å². The van der Waals surface area contributed by atoms with Crippen LogP contribution in [0, 0.1) is 0 Å². The van der Waals surface area contributed by atoms with Crippen LogP contribution < -0.4 is 15.5 Å². The molecule has 7 heteroatoms. The summed E-state index contributed by atoms with van der Waals surface area (Å²) in [6, 6.07) is 11.1. The Kier molecular flexibility index (Phi) is 6.14. The zero-order valence-electron chi connectivity index (χ0n) is 16.6. The number of carbonyl (C=O) groups excluding carboxylic acids is 2. The minimum Gasteiger partial charge on any atom is -0.468 e. The van der Waals surface area contributed by atoms with Crippen LogP contribution in [0.5, 0.6) is 0 Å². The summed E-state index contributed by atoms with van der Waals surface area (Å²) in [5.41, 5.74) is 1.50. The molecule has 2 fully saturated rings. The van der Waals surface area contributed by atoms with Crippen molar-refractivity contribution in [1.82, 2.24) is 10.2 Å². The number of rotatable bonds is 6. The molecule has 1 aromatic carbocycles. The number of carbonyl (C=O) groups is 2. The molecule has 0 radical (unpaired) electrons. The number of likely N-dealkylation sites (tertiary alicyclic amines) is 1. The van der Waals surface area contributed by atoms with Gasteiger partial charge >= 0.3 is 6.03 Å². The van der Waals surface area contributed by atoms with Gasteiger partial charge in [0.2, 0.25) is 5.91 Å². The van der Waals surface area contributed by atoms with Gasteiger partial charge in [-0.05, 0) is 62.7 Å². The first-order valence-electron chi connectivity index (χ1n) is 10.4. The average molecular weight is 396 g/mol. The van der Waals surface area contributed by atoms with E-state index < -0.39 is 0 Å². The van der Waals surface area contributed by atoms with E-state index in [1.807, 2.05) is 36.4 Å². The van der Waals surface area contributed by atoms with Crippen LogP contribution in [0.4, 0.5) is 16.2 Å². The number of piperidine rings is 1. The van der Waals surface area contributed by atoms with Gasteiger partial charge in [0, 0.05) is 30.9 Å². The molecular formula is C22H28N4O3. The van der Waals surface area contributed by atoms with Crippen molar-refractivity contribution >= 4 is 23.3 Å². The van der Waals surface area contributed by atoms with Crippen LogP contribution >= 0.6 is 0 Å². The number of amides is 3. The SMILES string of the molecule is O=C(NCC(c1ccco1)N1CCCCC1)Nc1cccc(N2CCCC2=O)c1. The Morgan fingerprint density at radius 2 is 1.93 bits per heavy atom. The van der Waals surface area contributed by atoms with Gasteiger partial charge in [-0.15, -0.1) is 0 Å². The molecular weight excluding hydrogens is 368 g/mol. The van der Waals surface area contributed by atoms with E-state index in [1.54, 1.807) is 11.2 Å². The van der Waals surface area contributed by atoms with Crippen LogP contribution in [-0.2, 0) is 4.79 Å². The molecule has 0 bridgehead atoms. The summed E-state index contributed by atoms with van der Waals surface area (Å²) in [7, 11) is 0. The van der Waals surface area contributed by atoms with Crippen molar-refractivity contribution < 1.29 is 14.0 Å². The number of nitrogens with one attached hydrogen (secondary N) is 2. The first-order valence-corrected chi connectivity index (χ1v) is 10.4. The van der Waals surface area contributed by atoms with Crippen LogP contribution in [0.25, 0.3) is 0 Å². The zero-order chi connectivity index (χ0) is 20.1. The van der Waals surface area contributed by atoms with E-state index in [0.717, 1.165) is 37.5 Å². The summed E-state index contributed by atoms with van der Waals surface area (Å²) in [4.78, 5) is 28.6. The molecule has 3 heterocycles. The molecule has 7 nitrogen and oxygen atoms in total. The minimum atomic E-state index is -0.261. The summed E-state index contributed by atoms with van der Waals surface area (Å²) in [5, 5.41) is 5.87. The van der Waals surface area contributed by atoms with Crippen LogP contribution in [0.15, 0.2) is 47.1 Å². The summed E-state index contributed by atoms with van der Waals surface area (Å²) >= 11 is 0. The Labute approximate surface area is 171 Å². The number of anilines is 2. The third-order valence-electron chi connectivity index (χ3n) is 5.65. The molecule has 4 rings (SSSR count). The van der Waals surface area contributed by atoms with Crippen LogP contribution in [-0.4, -0.2) is 43.0 Å². The fourth-order valence-electron chi connectivity index (χ4n) is 4.16. The second kappa shape index (κ2) is 9.13. The van der Waals surface area contributed by atoms with E-state index >= 15 is 0 Å². The van der Waals surface area contributed by atoms with Crippen molar-refractivity contribution in [1.29, 1.82) is 0 Å². The first kappa shape index (κ1) is 19.5. The summed E-state index contributed by atoms with van der Waals surface area (Å²) in [6.07, 6.45) is 6.74. The van der Waals surface area contributed by atoms with Gasteiger partial charge in [-0.2, -0.15) is 0 Å². The number of urea groups is 1. The van der Waals surface area contributed by atoms with Crippen molar-refractivity contribution in [3.05, 3.63) is 48.4 Å². The van der Waals surface area contributed by atoms with Crippen LogP contribution in [0.3, 0.4) is 0 Å². The maximum atomic E-state index is 12.5. The molecule has 2 saturated heterocycles. The highest BCUT2D eigenvalue weighted by molar-refractivity contribution is 5.96. The Balaban J connectivity index is 1.37. The summed E-state index contributed by atoms with van der Waals surface area (Å²) in [5.74, 6) is 1.01. The summed E-state index contributed by atoms with van der Waals surface area (Å²) < 4.78 is 5.63. The van der Waals surface area contributed by atoms with Gasteiger partial charge in [-0.3, -0.25) is 9.69 Å². The molecule has 1 aromatic heterocycles. The Morgan fingerprint density at radius 1 is 1.07 bits per heavy atom. The molecule has 0 saturated carbocycles. The standard InChI is InChI=1S/C22H28N4O3/c27-21-10-5-13-26(21)18-8-4-7-17(15-18)24-22(28)23-16-19(20-9-6-14-29-20)25-11-2-1-3-12-25/h4,6-9,14-15,19H,1-3,5,10-13,16H2,(H2,23,24,28). The maximum absolute atomic E-state index is 12.5. The second-order valence-corrected chi connectivity index (χ2v) is 7.66. The molecule has 1 atom stereocenters. The second-order valence-electron chi connectivity index (χ2n) is 7.66.